The summed E-state index contributed by atoms with van der Waals surface area (Å²) in [7, 11) is 0. The Kier molecular flexibility index (Phi) is 7.41. The molecule has 2 N–H and O–H groups in total. The van der Waals surface area contributed by atoms with E-state index in [1.54, 1.807) is 19.1 Å². The van der Waals surface area contributed by atoms with Crippen LogP contribution >= 0.6 is 0 Å². The molecule has 0 aromatic heterocycles. The quantitative estimate of drug-likeness (QED) is 0.641. The van der Waals surface area contributed by atoms with Gasteiger partial charge in [0, 0.05) is 48.7 Å². The highest BCUT2D eigenvalue weighted by atomic mass is 16.1. The van der Waals surface area contributed by atoms with Gasteiger partial charge in [-0.25, -0.2) is 0 Å². The van der Waals surface area contributed by atoms with E-state index in [1.165, 1.54) is 5.69 Å². The maximum absolute atomic E-state index is 12.2. The summed E-state index contributed by atoms with van der Waals surface area (Å²) >= 11 is 0. The number of hydrogen-bond acceptors (Lipinski definition) is 4. The van der Waals surface area contributed by atoms with Crippen LogP contribution in [0.4, 0.5) is 17.1 Å². The maximum atomic E-state index is 12.2. The first kappa shape index (κ1) is 20.5. The van der Waals surface area contributed by atoms with E-state index in [0.717, 1.165) is 30.0 Å². The molecule has 0 fully saturated rings. The summed E-state index contributed by atoms with van der Waals surface area (Å²) in [5.74, 6) is -0.0102. The van der Waals surface area contributed by atoms with Crippen LogP contribution in [0.15, 0.2) is 42.5 Å². The van der Waals surface area contributed by atoms with Crippen molar-refractivity contribution in [2.75, 3.05) is 35.2 Å². The van der Waals surface area contributed by atoms with Gasteiger partial charge in [-0.2, -0.15) is 0 Å². The highest BCUT2D eigenvalue weighted by Gasteiger charge is 2.08. The van der Waals surface area contributed by atoms with E-state index >= 15 is 0 Å². The second kappa shape index (κ2) is 9.76. The van der Waals surface area contributed by atoms with Crippen LogP contribution in [0.3, 0.4) is 0 Å². The summed E-state index contributed by atoms with van der Waals surface area (Å²) in [4.78, 5) is 25.9. The standard InChI is InChI=1S/C22H29N3O2/c1-5-25(6-2)20-10-11-21(16(3)14-20)24-22(27)12-13-23-19-9-7-8-18(15-19)17(4)26/h7-11,14-15,23H,5-6,12-13H2,1-4H3,(H,24,27). The zero-order valence-corrected chi connectivity index (χ0v) is 16.6. The zero-order valence-electron chi connectivity index (χ0n) is 16.6. The molecule has 0 saturated heterocycles. The number of hydrogen-bond donors (Lipinski definition) is 2. The average molecular weight is 367 g/mol. The van der Waals surface area contributed by atoms with Crippen molar-refractivity contribution in [3.05, 3.63) is 53.6 Å². The Bertz CT molecular complexity index is 798. The van der Waals surface area contributed by atoms with Gasteiger partial charge in [-0.05, 0) is 63.6 Å². The third kappa shape index (κ3) is 5.84. The molecule has 144 valence electrons. The molecule has 2 aromatic rings. The fourth-order valence-corrected chi connectivity index (χ4v) is 2.95. The summed E-state index contributed by atoms with van der Waals surface area (Å²) in [6, 6.07) is 13.4. The molecule has 1 amide bonds. The molecule has 5 nitrogen and oxygen atoms in total. The number of carbonyl (C=O) groups is 2. The Hall–Kier alpha value is -2.82. The van der Waals surface area contributed by atoms with Crippen molar-refractivity contribution in [3.63, 3.8) is 0 Å². The number of ketones is 1. The number of amides is 1. The lowest BCUT2D eigenvalue weighted by atomic mass is 10.1. The van der Waals surface area contributed by atoms with Crippen LogP contribution in [0.25, 0.3) is 0 Å². The molecule has 2 aromatic carbocycles. The predicted octanol–water partition coefficient (Wildman–Crippen LogP) is 4.48. The summed E-state index contributed by atoms with van der Waals surface area (Å²) in [6.45, 7) is 10.2. The summed E-state index contributed by atoms with van der Waals surface area (Å²) in [6.07, 6.45) is 0.349. The zero-order chi connectivity index (χ0) is 19.8. The van der Waals surface area contributed by atoms with Crippen LogP contribution in [0.5, 0.6) is 0 Å². The van der Waals surface area contributed by atoms with Gasteiger partial charge in [0.2, 0.25) is 5.91 Å². The maximum Gasteiger partial charge on any atom is 0.226 e. The smallest absolute Gasteiger partial charge is 0.226 e. The normalized spacial score (nSPS) is 10.4. The lowest BCUT2D eigenvalue weighted by Gasteiger charge is -2.22. The Morgan fingerprint density at radius 2 is 1.78 bits per heavy atom. The number of carbonyl (C=O) groups excluding carboxylic acids is 2. The number of benzene rings is 2. The number of aryl methyl sites for hydroxylation is 1. The van der Waals surface area contributed by atoms with E-state index in [1.807, 2.05) is 31.2 Å². The van der Waals surface area contributed by atoms with E-state index in [0.29, 0.717) is 18.5 Å². The topological polar surface area (TPSA) is 61.4 Å². The number of anilines is 3. The van der Waals surface area contributed by atoms with E-state index in [-0.39, 0.29) is 11.7 Å². The van der Waals surface area contributed by atoms with E-state index in [9.17, 15) is 9.59 Å². The van der Waals surface area contributed by atoms with Crippen molar-refractivity contribution in [2.24, 2.45) is 0 Å². The van der Waals surface area contributed by atoms with E-state index < -0.39 is 0 Å². The SMILES string of the molecule is CCN(CC)c1ccc(NC(=O)CCNc2cccc(C(C)=O)c2)c(C)c1. The van der Waals surface area contributed by atoms with Gasteiger partial charge in [-0.15, -0.1) is 0 Å². The third-order valence-corrected chi connectivity index (χ3v) is 4.56. The van der Waals surface area contributed by atoms with Crippen molar-refractivity contribution >= 4 is 28.8 Å². The minimum absolute atomic E-state index is 0.0278. The highest BCUT2D eigenvalue weighted by Crippen LogP contribution is 2.22. The van der Waals surface area contributed by atoms with Crippen LogP contribution in [0.1, 0.15) is 43.1 Å². The Morgan fingerprint density at radius 1 is 1.04 bits per heavy atom. The lowest BCUT2D eigenvalue weighted by molar-refractivity contribution is -0.115. The number of nitrogens with one attached hydrogen (secondary N) is 2. The van der Waals surface area contributed by atoms with Gasteiger partial charge in [0.1, 0.15) is 0 Å². The third-order valence-electron chi connectivity index (χ3n) is 4.56. The van der Waals surface area contributed by atoms with Crippen LogP contribution in [0, 0.1) is 6.92 Å². The summed E-state index contributed by atoms with van der Waals surface area (Å²) in [5.41, 5.74) is 4.57. The second-order valence-corrected chi connectivity index (χ2v) is 6.53. The van der Waals surface area contributed by atoms with Gasteiger partial charge < -0.3 is 15.5 Å². The van der Waals surface area contributed by atoms with E-state index in [2.05, 4.69) is 35.4 Å². The monoisotopic (exact) mass is 367 g/mol. The van der Waals surface area contributed by atoms with Crippen molar-refractivity contribution in [2.45, 2.75) is 34.1 Å². The van der Waals surface area contributed by atoms with Gasteiger partial charge in [-0.3, -0.25) is 9.59 Å². The van der Waals surface area contributed by atoms with Crippen LogP contribution < -0.4 is 15.5 Å². The van der Waals surface area contributed by atoms with Crippen molar-refractivity contribution < 1.29 is 9.59 Å². The highest BCUT2D eigenvalue weighted by molar-refractivity contribution is 5.95. The molecule has 0 aliphatic carbocycles. The summed E-state index contributed by atoms with van der Waals surface area (Å²) in [5, 5.41) is 6.17. The largest absolute Gasteiger partial charge is 0.385 e. The van der Waals surface area contributed by atoms with Crippen molar-refractivity contribution in [1.29, 1.82) is 0 Å². The fraction of sp³-hybridized carbons (Fsp3) is 0.364. The first-order valence-corrected chi connectivity index (χ1v) is 9.45. The molecule has 0 saturated carbocycles. The number of nitrogens with zero attached hydrogens (tertiary/aromatic N) is 1. The van der Waals surface area contributed by atoms with Crippen LogP contribution in [-0.2, 0) is 4.79 Å². The minimum atomic E-state index is -0.0380. The van der Waals surface area contributed by atoms with Crippen LogP contribution in [-0.4, -0.2) is 31.3 Å². The molecule has 0 aliphatic rings. The Morgan fingerprint density at radius 3 is 2.41 bits per heavy atom. The van der Waals surface area contributed by atoms with Gasteiger partial charge in [0.15, 0.2) is 5.78 Å². The van der Waals surface area contributed by atoms with Gasteiger partial charge in [0.05, 0.1) is 0 Å². The van der Waals surface area contributed by atoms with Crippen molar-refractivity contribution in [1.82, 2.24) is 0 Å². The molecule has 0 aliphatic heterocycles. The number of rotatable bonds is 9. The first-order valence-electron chi connectivity index (χ1n) is 9.45. The number of Topliss-reactive ketones (excluding diaryl/α,β-unsaturated/α-hetero) is 1. The molecule has 5 heteroatoms. The molecule has 0 bridgehead atoms. The van der Waals surface area contributed by atoms with Gasteiger partial charge in [0.25, 0.3) is 0 Å². The van der Waals surface area contributed by atoms with Gasteiger partial charge >= 0.3 is 0 Å². The fourth-order valence-electron chi connectivity index (χ4n) is 2.95. The average Bonchev–Trinajstić information content (AvgIpc) is 2.65. The summed E-state index contributed by atoms with van der Waals surface area (Å²) < 4.78 is 0. The minimum Gasteiger partial charge on any atom is -0.385 e. The lowest BCUT2D eigenvalue weighted by Crippen LogP contribution is -2.22. The Balaban J connectivity index is 1.88. The molecular formula is C22H29N3O2. The molecule has 0 unspecified atom stereocenters. The van der Waals surface area contributed by atoms with Crippen LogP contribution in [0.2, 0.25) is 0 Å². The van der Waals surface area contributed by atoms with Gasteiger partial charge in [-0.1, -0.05) is 12.1 Å². The molecular weight excluding hydrogens is 338 g/mol. The molecule has 0 spiro atoms. The van der Waals surface area contributed by atoms with E-state index in [4.69, 9.17) is 0 Å². The molecule has 2 rings (SSSR count). The molecule has 0 heterocycles. The molecule has 0 atom stereocenters. The molecule has 0 radical (unpaired) electrons. The predicted molar refractivity (Wildman–Crippen MR) is 113 cm³/mol. The second-order valence-electron chi connectivity index (χ2n) is 6.53. The first-order chi connectivity index (χ1) is 12.9. The van der Waals surface area contributed by atoms with Crippen molar-refractivity contribution in [3.8, 4) is 0 Å². The Labute approximate surface area is 161 Å². The molecule has 27 heavy (non-hydrogen) atoms.